The Hall–Kier alpha value is -2.21. The lowest BCUT2D eigenvalue weighted by atomic mass is 10.0. The first-order valence-electron chi connectivity index (χ1n) is 8.69. The van der Waals surface area contributed by atoms with Crippen molar-refractivity contribution in [3.8, 4) is 0 Å². The summed E-state index contributed by atoms with van der Waals surface area (Å²) in [6.07, 6.45) is 4.41. The number of carbonyl (C=O) groups is 1. The number of unbranched alkanes of at least 4 members (excludes halogenated alkanes) is 2. The Balaban J connectivity index is 1.85. The number of H-pyrrole nitrogens is 1. The Kier molecular flexibility index (Phi) is 7.13. The van der Waals surface area contributed by atoms with Crippen molar-refractivity contribution in [2.24, 2.45) is 0 Å². The van der Waals surface area contributed by atoms with Crippen LogP contribution in [0.25, 0.3) is 0 Å². The Morgan fingerprint density at radius 2 is 1.92 bits per heavy atom. The summed E-state index contributed by atoms with van der Waals surface area (Å²) in [5, 5.41) is 13.4. The average Bonchev–Trinajstić information content (AvgIpc) is 2.88. The van der Waals surface area contributed by atoms with Crippen LogP contribution in [0.3, 0.4) is 0 Å². The molecule has 1 aromatic carbocycles. The fraction of sp³-hybridized carbons (Fsp3) is 0.421. The molecule has 134 valence electrons. The maximum Gasteiger partial charge on any atom is 0.226 e. The molecule has 0 spiro atoms. The van der Waals surface area contributed by atoms with E-state index in [9.17, 15) is 4.79 Å². The van der Waals surface area contributed by atoms with E-state index in [4.69, 9.17) is 12.2 Å². The number of nitrogens with zero attached hydrogens (tertiary/aromatic N) is 1. The summed E-state index contributed by atoms with van der Waals surface area (Å²) in [7, 11) is 0. The molecule has 2 rings (SSSR count). The largest absolute Gasteiger partial charge is 0.332 e. The molecule has 0 saturated heterocycles. The standard InChI is InChI=1S/C19H26N4OS/c1-4-5-6-7-18(24)21-19(25)20-16-10-8-15(9-11-16)12-17-13(2)22-23-14(17)3/h8-11H,4-7,12H2,1-3H3,(H,22,23)(H2,20,21,24,25). The van der Waals surface area contributed by atoms with Crippen molar-refractivity contribution in [2.75, 3.05) is 5.32 Å². The third kappa shape index (κ3) is 5.98. The second kappa shape index (κ2) is 9.32. The SMILES string of the molecule is CCCCCC(=O)NC(=S)Nc1ccc(Cc2c(C)n[nH]c2C)cc1. The predicted octanol–water partition coefficient (Wildman–Crippen LogP) is 4.01. The van der Waals surface area contributed by atoms with Crippen LogP contribution in [-0.2, 0) is 11.2 Å². The van der Waals surface area contributed by atoms with Crippen molar-refractivity contribution in [1.29, 1.82) is 0 Å². The quantitative estimate of drug-likeness (QED) is 0.517. The summed E-state index contributed by atoms with van der Waals surface area (Å²) in [5.74, 6) is -0.0338. The molecule has 3 N–H and O–H groups in total. The molecule has 0 aliphatic heterocycles. The lowest BCUT2D eigenvalue weighted by molar-refractivity contribution is -0.119. The molecule has 1 heterocycles. The molecule has 1 amide bonds. The first-order valence-corrected chi connectivity index (χ1v) is 9.10. The lowest BCUT2D eigenvalue weighted by Gasteiger charge is -2.10. The fourth-order valence-corrected chi connectivity index (χ4v) is 2.86. The van der Waals surface area contributed by atoms with Crippen LogP contribution in [0.1, 0.15) is 55.1 Å². The molecule has 0 saturated carbocycles. The first-order chi connectivity index (χ1) is 12.0. The number of amides is 1. The van der Waals surface area contributed by atoms with E-state index >= 15 is 0 Å². The zero-order valence-electron chi connectivity index (χ0n) is 15.1. The maximum atomic E-state index is 11.8. The van der Waals surface area contributed by atoms with Gasteiger partial charge in [0.05, 0.1) is 5.69 Å². The van der Waals surface area contributed by atoms with Crippen molar-refractivity contribution in [2.45, 2.75) is 52.9 Å². The van der Waals surface area contributed by atoms with Crippen molar-refractivity contribution in [1.82, 2.24) is 15.5 Å². The van der Waals surface area contributed by atoms with Gasteiger partial charge in [0.1, 0.15) is 0 Å². The topological polar surface area (TPSA) is 69.8 Å². The highest BCUT2D eigenvalue weighted by Gasteiger charge is 2.08. The highest BCUT2D eigenvalue weighted by molar-refractivity contribution is 7.80. The van der Waals surface area contributed by atoms with Gasteiger partial charge in [-0.15, -0.1) is 0 Å². The van der Waals surface area contributed by atoms with Gasteiger partial charge in [-0.05, 0) is 50.2 Å². The monoisotopic (exact) mass is 358 g/mol. The van der Waals surface area contributed by atoms with Crippen LogP contribution in [0.15, 0.2) is 24.3 Å². The van der Waals surface area contributed by atoms with Crippen molar-refractivity contribution in [3.05, 3.63) is 46.8 Å². The van der Waals surface area contributed by atoms with Crippen molar-refractivity contribution in [3.63, 3.8) is 0 Å². The minimum absolute atomic E-state index is 0.0338. The smallest absolute Gasteiger partial charge is 0.226 e. The first kappa shape index (κ1) is 19.1. The van der Waals surface area contributed by atoms with Crippen LogP contribution in [0.5, 0.6) is 0 Å². The summed E-state index contributed by atoms with van der Waals surface area (Å²) >= 11 is 5.20. The van der Waals surface area contributed by atoms with E-state index in [1.165, 1.54) is 11.1 Å². The Bertz CT molecular complexity index is 702. The summed E-state index contributed by atoms with van der Waals surface area (Å²) in [6.45, 7) is 6.16. The summed E-state index contributed by atoms with van der Waals surface area (Å²) < 4.78 is 0. The molecule has 0 bridgehead atoms. The normalized spacial score (nSPS) is 10.5. The summed E-state index contributed by atoms with van der Waals surface area (Å²) in [5.41, 5.74) is 5.44. The number of rotatable bonds is 7. The van der Waals surface area contributed by atoms with E-state index in [-0.39, 0.29) is 5.91 Å². The van der Waals surface area contributed by atoms with Crippen LogP contribution in [0.2, 0.25) is 0 Å². The molecule has 0 aliphatic rings. The third-order valence-corrected chi connectivity index (χ3v) is 4.34. The molecular formula is C19H26N4OS. The Morgan fingerprint density at radius 3 is 2.52 bits per heavy atom. The molecule has 0 aliphatic carbocycles. The maximum absolute atomic E-state index is 11.8. The van der Waals surface area contributed by atoms with Gasteiger partial charge in [-0.25, -0.2) is 0 Å². The van der Waals surface area contributed by atoms with E-state index in [0.29, 0.717) is 11.5 Å². The van der Waals surface area contributed by atoms with Crippen LogP contribution in [-0.4, -0.2) is 21.2 Å². The molecule has 0 radical (unpaired) electrons. The molecular weight excluding hydrogens is 332 g/mol. The number of aryl methyl sites for hydroxylation is 2. The number of aromatic nitrogens is 2. The number of hydrogen-bond donors (Lipinski definition) is 3. The van der Waals surface area contributed by atoms with Gasteiger partial charge in [0, 0.05) is 29.8 Å². The van der Waals surface area contributed by atoms with Gasteiger partial charge in [0.15, 0.2) is 5.11 Å². The summed E-state index contributed by atoms with van der Waals surface area (Å²) in [6, 6.07) is 8.05. The number of anilines is 1. The third-order valence-electron chi connectivity index (χ3n) is 4.13. The van der Waals surface area contributed by atoms with Crippen LogP contribution in [0, 0.1) is 13.8 Å². The Morgan fingerprint density at radius 1 is 1.20 bits per heavy atom. The molecule has 6 heteroatoms. The zero-order chi connectivity index (χ0) is 18.2. The van der Waals surface area contributed by atoms with Gasteiger partial charge in [-0.1, -0.05) is 31.9 Å². The van der Waals surface area contributed by atoms with E-state index in [1.807, 2.05) is 26.0 Å². The number of hydrogen-bond acceptors (Lipinski definition) is 3. The van der Waals surface area contributed by atoms with Gasteiger partial charge in [-0.2, -0.15) is 5.10 Å². The highest BCUT2D eigenvalue weighted by Crippen LogP contribution is 2.17. The second-order valence-electron chi connectivity index (χ2n) is 6.25. The molecule has 0 atom stereocenters. The average molecular weight is 359 g/mol. The van der Waals surface area contributed by atoms with E-state index in [1.54, 1.807) is 0 Å². The number of carbonyl (C=O) groups excluding carboxylic acids is 1. The molecule has 0 unspecified atom stereocenters. The molecule has 2 aromatic rings. The van der Waals surface area contributed by atoms with Gasteiger partial charge in [-0.3, -0.25) is 9.89 Å². The van der Waals surface area contributed by atoms with Gasteiger partial charge >= 0.3 is 0 Å². The van der Waals surface area contributed by atoms with Crippen LogP contribution >= 0.6 is 12.2 Å². The minimum Gasteiger partial charge on any atom is -0.332 e. The molecule has 1 aromatic heterocycles. The minimum atomic E-state index is -0.0338. The van der Waals surface area contributed by atoms with E-state index in [0.717, 1.165) is 42.8 Å². The van der Waals surface area contributed by atoms with E-state index in [2.05, 4.69) is 39.9 Å². The zero-order valence-corrected chi connectivity index (χ0v) is 15.9. The number of benzene rings is 1. The van der Waals surface area contributed by atoms with Crippen molar-refractivity contribution >= 4 is 28.9 Å². The van der Waals surface area contributed by atoms with Gasteiger partial charge in [0.2, 0.25) is 5.91 Å². The molecule has 0 fully saturated rings. The number of aromatic amines is 1. The number of thiocarbonyl (C=S) groups is 1. The molecule has 5 nitrogen and oxygen atoms in total. The van der Waals surface area contributed by atoms with E-state index < -0.39 is 0 Å². The van der Waals surface area contributed by atoms with Gasteiger partial charge < -0.3 is 10.6 Å². The fourth-order valence-electron chi connectivity index (χ4n) is 2.63. The second-order valence-corrected chi connectivity index (χ2v) is 6.65. The van der Waals surface area contributed by atoms with Crippen LogP contribution < -0.4 is 10.6 Å². The lowest BCUT2D eigenvalue weighted by Crippen LogP contribution is -2.33. The van der Waals surface area contributed by atoms with Crippen molar-refractivity contribution < 1.29 is 4.79 Å². The summed E-state index contributed by atoms with van der Waals surface area (Å²) in [4.78, 5) is 11.8. The molecule has 25 heavy (non-hydrogen) atoms. The number of nitrogens with one attached hydrogen (secondary N) is 3. The Labute approximate surface area is 154 Å². The van der Waals surface area contributed by atoms with Gasteiger partial charge in [0.25, 0.3) is 0 Å². The highest BCUT2D eigenvalue weighted by atomic mass is 32.1. The van der Waals surface area contributed by atoms with Crippen LogP contribution in [0.4, 0.5) is 5.69 Å². The predicted molar refractivity (Wildman–Crippen MR) is 106 cm³/mol.